The number of aromatic nitrogens is 2. The van der Waals surface area contributed by atoms with Crippen molar-refractivity contribution in [3.05, 3.63) is 60.7 Å². The van der Waals surface area contributed by atoms with Gasteiger partial charge in [0.2, 0.25) is 0 Å². The Hall–Kier alpha value is -2.74. The Kier molecular flexibility index (Phi) is 2.11. The Morgan fingerprint density at radius 1 is 0.500 bits per heavy atom. The van der Waals surface area contributed by atoms with Crippen LogP contribution < -0.4 is 0 Å². The zero-order valence-electron chi connectivity index (χ0n) is 12.7. The van der Waals surface area contributed by atoms with Crippen LogP contribution in [0.3, 0.4) is 0 Å². The molecule has 5 aromatic rings. The van der Waals surface area contributed by atoms with Gasteiger partial charge in [-0.2, -0.15) is 0 Å². The van der Waals surface area contributed by atoms with E-state index in [9.17, 15) is 0 Å². The summed E-state index contributed by atoms with van der Waals surface area (Å²) < 4.78 is 4.60. The maximum Gasteiger partial charge on any atom is 0.0496 e. The first-order valence-electron chi connectivity index (χ1n) is 7.60. The number of aryl methyl sites for hydroxylation is 2. The Morgan fingerprint density at radius 3 is 1.36 bits per heavy atom. The van der Waals surface area contributed by atoms with Crippen molar-refractivity contribution in [2.75, 3.05) is 0 Å². The molecular formula is C20H16N2. The fourth-order valence-electron chi connectivity index (χ4n) is 3.90. The molecule has 2 aromatic heterocycles. The lowest BCUT2D eigenvalue weighted by Crippen LogP contribution is -1.87. The van der Waals surface area contributed by atoms with Crippen molar-refractivity contribution < 1.29 is 0 Å². The van der Waals surface area contributed by atoms with Crippen molar-refractivity contribution in [3.63, 3.8) is 0 Å². The topological polar surface area (TPSA) is 9.86 Å². The maximum absolute atomic E-state index is 2.30. The molecule has 0 aliphatic heterocycles. The van der Waals surface area contributed by atoms with E-state index in [0.29, 0.717) is 0 Å². The molecule has 0 saturated carbocycles. The van der Waals surface area contributed by atoms with E-state index in [1.54, 1.807) is 0 Å². The van der Waals surface area contributed by atoms with E-state index >= 15 is 0 Å². The summed E-state index contributed by atoms with van der Waals surface area (Å²) in [6.45, 7) is 0. The van der Waals surface area contributed by atoms with Gasteiger partial charge in [-0.15, -0.1) is 0 Å². The lowest BCUT2D eigenvalue weighted by atomic mass is 10.1. The molecule has 2 nitrogen and oxygen atoms in total. The Morgan fingerprint density at radius 2 is 0.909 bits per heavy atom. The van der Waals surface area contributed by atoms with Gasteiger partial charge in [-0.3, -0.25) is 0 Å². The average Bonchev–Trinajstić information content (AvgIpc) is 3.02. The third-order valence-corrected chi connectivity index (χ3v) is 4.95. The van der Waals surface area contributed by atoms with Gasteiger partial charge in [0.1, 0.15) is 0 Å². The predicted octanol–water partition coefficient (Wildman–Crippen LogP) is 4.98. The second kappa shape index (κ2) is 3.92. The Balaban J connectivity index is 2.22. The molecule has 0 unspecified atom stereocenters. The first kappa shape index (κ1) is 11.9. The van der Waals surface area contributed by atoms with Crippen molar-refractivity contribution in [1.82, 2.24) is 9.13 Å². The molecule has 0 radical (unpaired) electrons. The van der Waals surface area contributed by atoms with Crippen molar-refractivity contribution in [2.24, 2.45) is 14.1 Å². The van der Waals surface area contributed by atoms with E-state index in [0.717, 1.165) is 0 Å². The molecule has 0 N–H and O–H groups in total. The number of nitrogens with zero attached hydrogens (tertiary/aromatic N) is 2. The summed E-state index contributed by atoms with van der Waals surface area (Å²) in [4.78, 5) is 0. The average molecular weight is 284 g/mol. The van der Waals surface area contributed by atoms with Crippen molar-refractivity contribution in [3.8, 4) is 0 Å². The fraction of sp³-hybridized carbons (Fsp3) is 0.100. The molecule has 0 fully saturated rings. The van der Waals surface area contributed by atoms with Gasteiger partial charge < -0.3 is 9.13 Å². The van der Waals surface area contributed by atoms with Gasteiger partial charge >= 0.3 is 0 Å². The molecule has 0 spiro atoms. The van der Waals surface area contributed by atoms with Crippen LogP contribution in [0, 0.1) is 0 Å². The number of rotatable bonds is 0. The molecule has 2 heterocycles. The van der Waals surface area contributed by atoms with E-state index < -0.39 is 0 Å². The standard InChI is InChI=1S/C20H16N2/c1-21-15-9-5-3-7-13(15)19-17(21)11-12-18-20(19)14-8-4-6-10-16(14)22(18)2/h3-12H,1-2H3. The molecular weight excluding hydrogens is 268 g/mol. The molecule has 0 aliphatic carbocycles. The lowest BCUT2D eigenvalue weighted by molar-refractivity contribution is 1.01. The monoisotopic (exact) mass is 284 g/mol. The molecule has 0 aliphatic rings. The SMILES string of the molecule is Cn1c2ccccc2c2c3c4ccccc4n(C)c3ccc21. The second-order valence-electron chi connectivity index (χ2n) is 6.01. The number of para-hydroxylation sites is 2. The molecule has 3 aromatic carbocycles. The van der Waals surface area contributed by atoms with Crippen molar-refractivity contribution in [2.45, 2.75) is 0 Å². The van der Waals surface area contributed by atoms with E-state index in [2.05, 4.69) is 83.9 Å². The normalized spacial score (nSPS) is 12.1. The summed E-state index contributed by atoms with van der Waals surface area (Å²) in [7, 11) is 4.31. The molecule has 0 atom stereocenters. The Bertz CT molecular complexity index is 1090. The summed E-state index contributed by atoms with van der Waals surface area (Å²) in [6, 6.07) is 21.9. The van der Waals surface area contributed by atoms with Crippen molar-refractivity contribution in [1.29, 1.82) is 0 Å². The summed E-state index contributed by atoms with van der Waals surface area (Å²) in [5, 5.41) is 5.41. The Labute approximate surface area is 128 Å². The van der Waals surface area contributed by atoms with Gasteiger partial charge in [0.15, 0.2) is 0 Å². The highest BCUT2D eigenvalue weighted by Gasteiger charge is 2.15. The molecule has 2 heteroatoms. The summed E-state index contributed by atoms with van der Waals surface area (Å²) in [6.07, 6.45) is 0. The van der Waals surface area contributed by atoms with E-state index in [1.165, 1.54) is 43.6 Å². The molecule has 0 amide bonds. The zero-order chi connectivity index (χ0) is 14.8. The molecule has 0 saturated heterocycles. The van der Waals surface area contributed by atoms with Crippen LogP contribution in [0.1, 0.15) is 0 Å². The highest BCUT2D eigenvalue weighted by Crippen LogP contribution is 2.38. The van der Waals surface area contributed by atoms with Gasteiger partial charge in [0.25, 0.3) is 0 Å². The smallest absolute Gasteiger partial charge is 0.0496 e. The van der Waals surface area contributed by atoms with Crippen LogP contribution in [0.2, 0.25) is 0 Å². The van der Waals surface area contributed by atoms with Crippen LogP contribution in [0.15, 0.2) is 60.7 Å². The third-order valence-electron chi connectivity index (χ3n) is 4.95. The zero-order valence-corrected chi connectivity index (χ0v) is 12.7. The summed E-state index contributed by atoms with van der Waals surface area (Å²) in [5.41, 5.74) is 5.17. The van der Waals surface area contributed by atoms with E-state index in [4.69, 9.17) is 0 Å². The molecule has 5 rings (SSSR count). The summed E-state index contributed by atoms with van der Waals surface area (Å²) >= 11 is 0. The van der Waals surface area contributed by atoms with Crippen LogP contribution >= 0.6 is 0 Å². The maximum atomic E-state index is 2.30. The van der Waals surface area contributed by atoms with E-state index in [1.807, 2.05) is 0 Å². The number of hydrogen-bond donors (Lipinski definition) is 0. The first-order chi connectivity index (χ1) is 10.8. The van der Waals surface area contributed by atoms with Gasteiger partial charge in [-0.25, -0.2) is 0 Å². The first-order valence-corrected chi connectivity index (χ1v) is 7.60. The minimum Gasteiger partial charge on any atom is -0.344 e. The molecule has 0 bridgehead atoms. The molecule has 22 heavy (non-hydrogen) atoms. The minimum absolute atomic E-state index is 1.29. The fourth-order valence-corrected chi connectivity index (χ4v) is 3.90. The molecule has 106 valence electrons. The van der Waals surface area contributed by atoms with Gasteiger partial charge in [-0.1, -0.05) is 36.4 Å². The van der Waals surface area contributed by atoms with Crippen LogP contribution in [-0.2, 0) is 14.1 Å². The van der Waals surface area contributed by atoms with E-state index in [-0.39, 0.29) is 0 Å². The van der Waals surface area contributed by atoms with Crippen LogP contribution in [0.4, 0.5) is 0 Å². The second-order valence-corrected chi connectivity index (χ2v) is 6.01. The minimum atomic E-state index is 1.29. The van der Waals surface area contributed by atoms with Gasteiger partial charge in [0.05, 0.1) is 0 Å². The highest BCUT2D eigenvalue weighted by atomic mass is 15.0. The largest absolute Gasteiger partial charge is 0.344 e. The number of hydrogen-bond acceptors (Lipinski definition) is 0. The van der Waals surface area contributed by atoms with Crippen LogP contribution in [-0.4, -0.2) is 9.13 Å². The number of benzene rings is 3. The number of fused-ring (bicyclic) bond motifs is 7. The van der Waals surface area contributed by atoms with Gasteiger partial charge in [0, 0.05) is 57.7 Å². The highest BCUT2D eigenvalue weighted by molar-refractivity contribution is 6.28. The van der Waals surface area contributed by atoms with Crippen LogP contribution in [0.25, 0.3) is 43.6 Å². The van der Waals surface area contributed by atoms with Crippen molar-refractivity contribution >= 4 is 43.6 Å². The predicted molar refractivity (Wildman–Crippen MR) is 94.4 cm³/mol. The summed E-state index contributed by atoms with van der Waals surface area (Å²) in [5.74, 6) is 0. The van der Waals surface area contributed by atoms with Gasteiger partial charge in [-0.05, 0) is 24.3 Å². The lowest BCUT2D eigenvalue weighted by Gasteiger charge is -2.00. The quantitative estimate of drug-likeness (QED) is 0.380. The third kappa shape index (κ3) is 1.26. The van der Waals surface area contributed by atoms with Crippen LogP contribution in [0.5, 0.6) is 0 Å².